The van der Waals surface area contributed by atoms with Gasteiger partial charge in [0.05, 0.1) is 4.92 Å². The van der Waals surface area contributed by atoms with Gasteiger partial charge >= 0.3 is 0 Å². The third-order valence-corrected chi connectivity index (χ3v) is 5.34. The molecule has 1 unspecified atom stereocenters. The number of non-ortho nitro benzene ring substituents is 1. The molecule has 1 aromatic rings. The molecule has 1 aliphatic carbocycles. The maximum Gasteiger partial charge on any atom is 0.269 e. The number of carbonyl (C=O) groups is 4. The number of carbonyl (C=O) groups excluding carboxylic acids is 4. The second-order valence-corrected chi connectivity index (χ2v) is 7.10. The Hall–Kier alpha value is -3.36. The summed E-state index contributed by atoms with van der Waals surface area (Å²) in [5.41, 5.74) is -0.230. The van der Waals surface area contributed by atoms with Gasteiger partial charge in [0.15, 0.2) is 0 Å². The highest BCUT2D eigenvalue weighted by atomic mass is 16.6. The third-order valence-electron chi connectivity index (χ3n) is 5.34. The van der Waals surface area contributed by atoms with E-state index in [9.17, 15) is 29.3 Å². The highest BCUT2D eigenvalue weighted by Crippen LogP contribution is 2.52. The van der Waals surface area contributed by atoms with Crippen molar-refractivity contribution in [2.75, 3.05) is 0 Å². The molecule has 2 aliphatic rings. The van der Waals surface area contributed by atoms with Gasteiger partial charge in [-0.2, -0.15) is 10.0 Å². The Bertz CT molecular complexity index is 901. The van der Waals surface area contributed by atoms with Crippen LogP contribution in [0, 0.1) is 15.5 Å². The van der Waals surface area contributed by atoms with E-state index in [0.717, 1.165) is 19.4 Å². The predicted molar refractivity (Wildman–Crippen MR) is 96.3 cm³/mol. The topological polar surface area (TPSA) is 118 Å². The van der Waals surface area contributed by atoms with E-state index in [1.165, 1.54) is 24.3 Å². The molecule has 0 bridgehead atoms. The molecule has 0 aromatic heterocycles. The number of allylic oxidation sites excluding steroid dienone is 2. The molecule has 1 spiro atoms. The van der Waals surface area contributed by atoms with Crippen LogP contribution in [0.4, 0.5) is 5.69 Å². The maximum absolute atomic E-state index is 13.3. The smallest absolute Gasteiger partial charge is 0.269 e. The molecule has 28 heavy (non-hydrogen) atoms. The highest BCUT2D eigenvalue weighted by molar-refractivity contribution is 6.20. The summed E-state index contributed by atoms with van der Waals surface area (Å²) in [5.74, 6) is -3.58. The lowest BCUT2D eigenvalue weighted by atomic mass is 9.63. The van der Waals surface area contributed by atoms with Gasteiger partial charge in [0.25, 0.3) is 17.5 Å². The average molecular weight is 385 g/mol. The van der Waals surface area contributed by atoms with Crippen LogP contribution in [0.25, 0.3) is 0 Å². The second kappa shape index (κ2) is 6.66. The van der Waals surface area contributed by atoms with Crippen molar-refractivity contribution in [3.8, 4) is 0 Å². The molecular weight excluding hydrogens is 366 g/mol. The van der Waals surface area contributed by atoms with Gasteiger partial charge in [0.1, 0.15) is 5.41 Å². The number of hydrogen-bond acceptors (Lipinski definition) is 6. The fraction of sp³-hybridized carbons (Fsp3) is 0.368. The van der Waals surface area contributed by atoms with Gasteiger partial charge in [-0.3, -0.25) is 29.3 Å². The largest absolute Gasteiger partial charge is 0.273 e. The predicted octanol–water partition coefficient (Wildman–Crippen LogP) is 2.08. The number of nitro groups is 1. The molecule has 0 radical (unpaired) electrons. The quantitative estimate of drug-likeness (QED) is 0.333. The van der Waals surface area contributed by atoms with Crippen LogP contribution in [0.2, 0.25) is 0 Å². The van der Waals surface area contributed by atoms with Gasteiger partial charge in [0, 0.05) is 31.9 Å². The number of amides is 4. The number of rotatable bonds is 2. The molecule has 3 rings (SSSR count). The zero-order valence-corrected chi connectivity index (χ0v) is 15.7. The Balaban J connectivity index is 2.16. The van der Waals surface area contributed by atoms with Crippen LogP contribution in [0.5, 0.6) is 0 Å². The molecule has 9 nitrogen and oxygen atoms in total. The van der Waals surface area contributed by atoms with E-state index >= 15 is 0 Å². The SMILES string of the molecule is CC(=O)N1C(=O)C2(CC=C(C)CC2c2ccc([N+](=O)[O-])cc2)C(=O)N1C(C)=O. The summed E-state index contributed by atoms with van der Waals surface area (Å²) >= 11 is 0. The van der Waals surface area contributed by atoms with Crippen LogP contribution in [0.1, 0.15) is 45.1 Å². The lowest BCUT2D eigenvalue weighted by molar-refractivity contribution is -0.384. The molecule has 4 amide bonds. The van der Waals surface area contributed by atoms with Crippen molar-refractivity contribution >= 4 is 29.3 Å². The van der Waals surface area contributed by atoms with Gasteiger partial charge in [-0.1, -0.05) is 23.8 Å². The van der Waals surface area contributed by atoms with E-state index in [4.69, 9.17) is 0 Å². The Labute approximate surface area is 160 Å². The van der Waals surface area contributed by atoms with Crippen molar-refractivity contribution in [1.82, 2.24) is 10.0 Å². The lowest BCUT2D eigenvalue weighted by Crippen LogP contribution is -2.46. The molecule has 1 aliphatic heterocycles. The van der Waals surface area contributed by atoms with Crippen LogP contribution >= 0.6 is 0 Å². The van der Waals surface area contributed by atoms with E-state index in [2.05, 4.69) is 0 Å². The zero-order chi connectivity index (χ0) is 20.8. The van der Waals surface area contributed by atoms with Crippen molar-refractivity contribution in [2.24, 2.45) is 5.41 Å². The van der Waals surface area contributed by atoms with Gasteiger partial charge < -0.3 is 0 Å². The fourth-order valence-corrected chi connectivity index (χ4v) is 3.98. The molecule has 1 heterocycles. The van der Waals surface area contributed by atoms with E-state index < -0.39 is 39.9 Å². The van der Waals surface area contributed by atoms with Crippen molar-refractivity contribution in [3.63, 3.8) is 0 Å². The van der Waals surface area contributed by atoms with E-state index in [1.54, 1.807) is 6.08 Å². The minimum Gasteiger partial charge on any atom is -0.273 e. The second-order valence-electron chi connectivity index (χ2n) is 7.10. The van der Waals surface area contributed by atoms with Crippen LogP contribution in [-0.4, -0.2) is 38.6 Å². The molecule has 9 heteroatoms. The van der Waals surface area contributed by atoms with Gasteiger partial charge in [-0.15, -0.1) is 0 Å². The lowest BCUT2D eigenvalue weighted by Gasteiger charge is -2.36. The standard InChI is InChI=1S/C19H19N3O6/c1-11-8-9-19(16(10-11)14-4-6-15(7-5-14)22(27)28)17(25)20(12(2)23)21(13(3)24)18(19)26/h4-8,16H,9-10H2,1-3H3. The molecule has 1 fully saturated rings. The van der Waals surface area contributed by atoms with E-state index in [0.29, 0.717) is 22.0 Å². The van der Waals surface area contributed by atoms with Gasteiger partial charge in [-0.05, 0) is 25.3 Å². The number of nitro benzene ring substituents is 1. The Kier molecular flexibility index (Phi) is 4.62. The van der Waals surface area contributed by atoms with Crippen LogP contribution in [-0.2, 0) is 19.2 Å². The first-order valence-corrected chi connectivity index (χ1v) is 8.71. The summed E-state index contributed by atoms with van der Waals surface area (Å²) in [6.45, 7) is 4.09. The Morgan fingerprint density at radius 3 is 2.00 bits per heavy atom. The molecule has 1 atom stereocenters. The van der Waals surface area contributed by atoms with Crippen molar-refractivity contribution in [3.05, 3.63) is 51.6 Å². The summed E-state index contributed by atoms with van der Waals surface area (Å²) in [6, 6.07) is 5.65. The first-order chi connectivity index (χ1) is 13.1. The van der Waals surface area contributed by atoms with Crippen LogP contribution in [0.3, 0.4) is 0 Å². The average Bonchev–Trinajstić information content (AvgIpc) is 2.86. The number of benzene rings is 1. The van der Waals surface area contributed by atoms with Gasteiger partial charge in [-0.25, -0.2) is 0 Å². The normalized spacial score (nSPS) is 21.1. The molecule has 0 N–H and O–H groups in total. The zero-order valence-electron chi connectivity index (χ0n) is 15.7. The number of imide groups is 2. The summed E-state index contributed by atoms with van der Waals surface area (Å²) in [6.07, 6.45) is 2.16. The Morgan fingerprint density at radius 1 is 1.07 bits per heavy atom. The highest BCUT2D eigenvalue weighted by Gasteiger charge is 2.64. The summed E-state index contributed by atoms with van der Waals surface area (Å²) in [4.78, 5) is 61.0. The first kappa shape index (κ1) is 19.4. The summed E-state index contributed by atoms with van der Waals surface area (Å²) in [7, 11) is 0. The molecule has 0 saturated carbocycles. The number of hydrogen-bond donors (Lipinski definition) is 0. The number of nitrogens with zero attached hydrogens (tertiary/aromatic N) is 3. The molecule has 1 saturated heterocycles. The summed E-state index contributed by atoms with van der Waals surface area (Å²) < 4.78 is 0. The minimum absolute atomic E-state index is 0.0473. The molecule has 1 aromatic carbocycles. The first-order valence-electron chi connectivity index (χ1n) is 8.71. The molecular formula is C19H19N3O6. The van der Waals surface area contributed by atoms with Crippen molar-refractivity contribution in [2.45, 2.75) is 39.5 Å². The monoisotopic (exact) mass is 385 g/mol. The Morgan fingerprint density at radius 2 is 1.57 bits per heavy atom. The molecule has 146 valence electrons. The summed E-state index contributed by atoms with van der Waals surface area (Å²) in [5, 5.41) is 12.1. The van der Waals surface area contributed by atoms with Crippen molar-refractivity contribution in [1.29, 1.82) is 0 Å². The van der Waals surface area contributed by atoms with E-state index in [1.807, 2.05) is 6.92 Å². The number of hydrazine groups is 1. The van der Waals surface area contributed by atoms with Crippen LogP contribution in [0.15, 0.2) is 35.9 Å². The minimum atomic E-state index is -1.63. The maximum atomic E-state index is 13.3. The third kappa shape index (κ3) is 2.70. The van der Waals surface area contributed by atoms with Crippen LogP contribution < -0.4 is 0 Å². The van der Waals surface area contributed by atoms with E-state index in [-0.39, 0.29) is 12.1 Å². The van der Waals surface area contributed by atoms with Gasteiger partial charge in [0.2, 0.25) is 11.8 Å². The van der Waals surface area contributed by atoms with Crippen molar-refractivity contribution < 1.29 is 24.1 Å². The fourth-order valence-electron chi connectivity index (χ4n) is 3.98.